The molecular formula is C6H18N2O2S. The minimum absolute atomic E-state index is 0.833. The molecular weight excluding hydrogens is 164 g/mol. The Morgan fingerprint density at radius 3 is 1.27 bits per heavy atom. The van der Waals surface area contributed by atoms with Gasteiger partial charge in [0.25, 0.3) is 10.2 Å². The molecule has 0 aliphatic rings. The van der Waals surface area contributed by atoms with Gasteiger partial charge in [0, 0.05) is 14.1 Å². The highest BCUT2D eigenvalue weighted by atomic mass is 32.2. The summed E-state index contributed by atoms with van der Waals surface area (Å²) in [6.45, 7) is 6.50. The predicted octanol–water partition coefficient (Wildman–Crippen LogP) is 0.414. The Morgan fingerprint density at radius 1 is 1.18 bits per heavy atom. The average Bonchev–Trinajstić information content (AvgIpc) is 1.59. The highest BCUT2D eigenvalue weighted by Gasteiger charge is 2.01. The molecule has 0 fully saturated rings. The van der Waals surface area contributed by atoms with Crippen molar-refractivity contribution in [3.63, 3.8) is 0 Å². The van der Waals surface area contributed by atoms with E-state index in [0.29, 0.717) is 0 Å². The van der Waals surface area contributed by atoms with E-state index in [0.717, 1.165) is 10.2 Å². The average molecular weight is 182 g/mol. The van der Waals surface area contributed by atoms with E-state index in [9.17, 15) is 8.42 Å². The van der Waals surface area contributed by atoms with Crippen molar-refractivity contribution in [1.82, 2.24) is 4.31 Å². The number of rotatable bonds is 1. The van der Waals surface area contributed by atoms with Crippen molar-refractivity contribution in [2.45, 2.75) is 20.8 Å². The van der Waals surface area contributed by atoms with Gasteiger partial charge in [0.15, 0.2) is 0 Å². The molecule has 0 amide bonds. The maximum atomic E-state index is 10.0. The topological polar surface area (TPSA) is 63.4 Å². The van der Waals surface area contributed by atoms with Crippen LogP contribution >= 0.6 is 0 Å². The van der Waals surface area contributed by atoms with E-state index in [4.69, 9.17) is 0 Å². The van der Waals surface area contributed by atoms with Crippen molar-refractivity contribution in [2.75, 3.05) is 14.1 Å². The van der Waals surface area contributed by atoms with Gasteiger partial charge in [-0.2, -0.15) is 12.7 Å². The number of hydrogen-bond donors (Lipinski definition) is 1. The van der Waals surface area contributed by atoms with Gasteiger partial charge in [-0.1, -0.05) is 20.8 Å². The summed E-state index contributed by atoms with van der Waals surface area (Å²) in [5.41, 5.74) is 0. The van der Waals surface area contributed by atoms with E-state index in [1.165, 1.54) is 14.1 Å². The van der Waals surface area contributed by atoms with Crippen LogP contribution in [0.25, 0.3) is 0 Å². The van der Waals surface area contributed by atoms with E-state index in [1.807, 2.05) is 0 Å². The van der Waals surface area contributed by atoms with Gasteiger partial charge in [0.05, 0.1) is 0 Å². The lowest BCUT2D eigenvalue weighted by molar-refractivity contribution is 0.522. The fourth-order valence-electron chi connectivity index (χ4n) is 0. The zero-order valence-electron chi connectivity index (χ0n) is 7.83. The van der Waals surface area contributed by atoms with E-state index in [1.54, 1.807) is 0 Å². The molecule has 0 rings (SSSR count). The predicted molar refractivity (Wildman–Crippen MR) is 47.3 cm³/mol. The molecule has 0 aliphatic heterocycles. The molecule has 0 bridgehead atoms. The van der Waals surface area contributed by atoms with Gasteiger partial charge in [0.2, 0.25) is 0 Å². The Bertz CT molecular complexity index is 170. The lowest BCUT2D eigenvalue weighted by Crippen LogP contribution is -2.29. The van der Waals surface area contributed by atoms with E-state index in [2.05, 4.69) is 25.9 Å². The molecule has 0 atom stereocenters. The Hall–Kier alpha value is -0.130. The van der Waals surface area contributed by atoms with E-state index >= 15 is 0 Å². The summed E-state index contributed by atoms with van der Waals surface area (Å²) < 4.78 is 21.0. The first-order valence-corrected chi connectivity index (χ1v) is 4.88. The minimum Gasteiger partial charge on any atom is -0.216 e. The summed E-state index contributed by atoms with van der Waals surface area (Å²) in [6, 6.07) is 0. The summed E-state index contributed by atoms with van der Waals surface area (Å²) >= 11 is 0. The third kappa shape index (κ3) is 17.7. The maximum absolute atomic E-state index is 10.0. The molecule has 2 N–H and O–H groups in total. The van der Waals surface area contributed by atoms with Gasteiger partial charge in [-0.25, -0.2) is 5.14 Å². The third-order valence-electron chi connectivity index (χ3n) is 0.509. The highest BCUT2D eigenvalue weighted by molar-refractivity contribution is 7.86. The zero-order valence-corrected chi connectivity index (χ0v) is 8.64. The van der Waals surface area contributed by atoms with Gasteiger partial charge >= 0.3 is 0 Å². The van der Waals surface area contributed by atoms with E-state index in [-0.39, 0.29) is 0 Å². The fourth-order valence-corrected chi connectivity index (χ4v) is 0. The largest absolute Gasteiger partial charge is 0.276 e. The van der Waals surface area contributed by atoms with Crippen LogP contribution < -0.4 is 5.14 Å². The van der Waals surface area contributed by atoms with Crippen LogP contribution in [0, 0.1) is 5.92 Å². The monoisotopic (exact) mass is 182 g/mol. The van der Waals surface area contributed by atoms with Crippen LogP contribution in [0.4, 0.5) is 0 Å². The Morgan fingerprint density at radius 2 is 1.27 bits per heavy atom. The Labute approximate surface area is 69.6 Å². The quantitative estimate of drug-likeness (QED) is 0.638. The molecule has 11 heavy (non-hydrogen) atoms. The summed E-state index contributed by atoms with van der Waals surface area (Å²) in [4.78, 5) is 0. The second-order valence-corrected chi connectivity index (χ2v) is 4.82. The standard InChI is InChI=1S/C4H10.C2H8N2O2S/c1-4(2)3;1-4(2)7(3,5)6/h4H,1-3H3;1-2H3,(H2,3,5,6). The SMILES string of the molecule is CC(C)C.CN(C)S(N)(=O)=O. The first-order chi connectivity index (χ1) is 4.68. The molecule has 0 aliphatic carbocycles. The molecule has 0 aromatic carbocycles. The van der Waals surface area contributed by atoms with E-state index < -0.39 is 10.2 Å². The summed E-state index contributed by atoms with van der Waals surface area (Å²) in [5.74, 6) is 0.833. The second kappa shape index (κ2) is 5.51. The van der Waals surface area contributed by atoms with Crippen LogP contribution in [0.15, 0.2) is 0 Å². The number of hydrogen-bond acceptors (Lipinski definition) is 2. The Kier molecular flexibility index (Phi) is 6.74. The molecule has 0 heterocycles. The van der Waals surface area contributed by atoms with Crippen LogP contribution in [0.2, 0.25) is 0 Å². The van der Waals surface area contributed by atoms with Gasteiger partial charge < -0.3 is 0 Å². The molecule has 70 valence electrons. The van der Waals surface area contributed by atoms with Gasteiger partial charge in [-0.3, -0.25) is 0 Å². The molecule has 0 aromatic heterocycles. The first-order valence-electron chi connectivity index (χ1n) is 3.38. The zero-order chi connectivity index (χ0) is 9.65. The van der Waals surface area contributed by atoms with Crippen LogP contribution in [-0.4, -0.2) is 26.8 Å². The summed E-state index contributed by atoms with van der Waals surface area (Å²) in [7, 11) is -0.667. The molecule has 0 unspecified atom stereocenters. The van der Waals surface area contributed by atoms with Crippen molar-refractivity contribution in [2.24, 2.45) is 11.1 Å². The van der Waals surface area contributed by atoms with Crippen molar-refractivity contribution in [1.29, 1.82) is 0 Å². The van der Waals surface area contributed by atoms with Crippen LogP contribution in [0.3, 0.4) is 0 Å². The third-order valence-corrected chi connectivity index (χ3v) is 1.53. The summed E-state index contributed by atoms with van der Waals surface area (Å²) in [6.07, 6.45) is 0. The molecule has 0 radical (unpaired) electrons. The van der Waals surface area contributed by atoms with Gasteiger partial charge in [-0.15, -0.1) is 0 Å². The molecule has 5 heteroatoms. The number of nitrogens with two attached hydrogens (primary N) is 1. The molecule has 4 nitrogen and oxygen atoms in total. The molecule has 0 aromatic rings. The van der Waals surface area contributed by atoms with Crippen LogP contribution in [0.5, 0.6) is 0 Å². The van der Waals surface area contributed by atoms with Crippen molar-refractivity contribution in [3.05, 3.63) is 0 Å². The maximum Gasteiger partial charge on any atom is 0.276 e. The summed E-state index contributed by atoms with van der Waals surface area (Å²) in [5, 5.41) is 4.58. The molecule has 0 spiro atoms. The lowest BCUT2D eigenvalue weighted by atomic mass is 10.3. The van der Waals surface area contributed by atoms with Crippen molar-refractivity contribution in [3.8, 4) is 0 Å². The second-order valence-electron chi connectivity index (χ2n) is 3.06. The fraction of sp³-hybridized carbons (Fsp3) is 1.00. The van der Waals surface area contributed by atoms with Crippen LogP contribution in [-0.2, 0) is 10.2 Å². The van der Waals surface area contributed by atoms with Crippen molar-refractivity contribution < 1.29 is 8.42 Å². The van der Waals surface area contributed by atoms with Crippen LogP contribution in [0.1, 0.15) is 20.8 Å². The lowest BCUT2D eigenvalue weighted by Gasteiger charge is -2.02. The van der Waals surface area contributed by atoms with Crippen molar-refractivity contribution >= 4 is 10.2 Å². The van der Waals surface area contributed by atoms with Gasteiger partial charge in [-0.05, 0) is 5.92 Å². The highest BCUT2D eigenvalue weighted by Crippen LogP contribution is 1.81. The normalized spacial score (nSPS) is 11.3. The Balaban J connectivity index is 0. The first kappa shape index (κ1) is 13.5. The molecule has 0 saturated heterocycles. The number of nitrogens with zero attached hydrogens (tertiary/aromatic N) is 1. The minimum atomic E-state index is -3.41. The van der Waals surface area contributed by atoms with Gasteiger partial charge in [0.1, 0.15) is 0 Å². The smallest absolute Gasteiger partial charge is 0.216 e. The molecule has 0 saturated carbocycles.